The van der Waals surface area contributed by atoms with Crippen LogP contribution >= 0.6 is 24.0 Å². The first-order chi connectivity index (χ1) is 15.0. The van der Waals surface area contributed by atoms with Crippen LogP contribution in [0.1, 0.15) is 43.6 Å². The lowest BCUT2D eigenvalue weighted by atomic mass is 10.0. The fourth-order valence-corrected chi connectivity index (χ4v) is 4.27. The van der Waals surface area contributed by atoms with E-state index in [1.165, 1.54) is 6.07 Å². The van der Waals surface area contributed by atoms with Crippen LogP contribution < -0.4 is 5.32 Å². The van der Waals surface area contributed by atoms with E-state index in [-0.39, 0.29) is 30.0 Å². The molecule has 0 bridgehead atoms. The average Bonchev–Trinajstić information content (AvgIpc) is 3.18. The highest BCUT2D eigenvalue weighted by Crippen LogP contribution is 2.28. The number of benzene rings is 1. The number of nitrogens with zero attached hydrogens (tertiary/aromatic N) is 5. The van der Waals surface area contributed by atoms with E-state index < -0.39 is 11.6 Å². The minimum atomic E-state index is -0.532. The van der Waals surface area contributed by atoms with E-state index in [4.69, 9.17) is 0 Å². The molecule has 9 heteroatoms. The largest absolute Gasteiger partial charge is 0.356 e. The number of halogens is 3. The van der Waals surface area contributed by atoms with Crippen LogP contribution in [-0.2, 0) is 6.54 Å². The number of aryl methyl sites for hydroxylation is 2. The summed E-state index contributed by atoms with van der Waals surface area (Å²) in [5, 5.41) is 3.47. The molecule has 0 aliphatic carbocycles. The zero-order chi connectivity index (χ0) is 22.2. The summed E-state index contributed by atoms with van der Waals surface area (Å²) in [6.07, 6.45) is 6.77. The van der Waals surface area contributed by atoms with Gasteiger partial charge in [0.15, 0.2) is 5.96 Å². The van der Waals surface area contributed by atoms with Crippen LogP contribution in [-0.4, -0.2) is 65.1 Å². The summed E-state index contributed by atoms with van der Waals surface area (Å²) in [5.74, 6) is 0.973. The van der Waals surface area contributed by atoms with Gasteiger partial charge in [0.2, 0.25) is 0 Å². The lowest BCUT2D eigenvalue weighted by Gasteiger charge is -2.40. The molecule has 32 heavy (non-hydrogen) atoms. The third-order valence-electron chi connectivity index (χ3n) is 6.01. The van der Waals surface area contributed by atoms with Gasteiger partial charge in [-0.1, -0.05) is 13.0 Å². The maximum absolute atomic E-state index is 14.3. The van der Waals surface area contributed by atoms with E-state index in [0.717, 1.165) is 76.4 Å². The molecule has 1 aliphatic heterocycles. The first-order valence-corrected chi connectivity index (χ1v) is 11.2. The lowest BCUT2D eigenvalue weighted by molar-refractivity contribution is 0.124. The van der Waals surface area contributed by atoms with Crippen LogP contribution in [0.3, 0.4) is 0 Å². The molecule has 0 radical (unpaired) electrons. The van der Waals surface area contributed by atoms with E-state index in [2.05, 4.69) is 29.7 Å². The summed E-state index contributed by atoms with van der Waals surface area (Å²) in [6.45, 7) is 9.20. The number of aliphatic imine (C=N–C) groups is 1. The molecule has 1 fully saturated rings. The Hall–Kier alpha value is -1.75. The smallest absolute Gasteiger partial charge is 0.193 e. The van der Waals surface area contributed by atoms with Crippen molar-refractivity contribution in [1.29, 1.82) is 0 Å². The lowest BCUT2D eigenvalue weighted by Crippen LogP contribution is -2.53. The summed E-state index contributed by atoms with van der Waals surface area (Å²) in [7, 11) is 1.81. The number of rotatable bonds is 8. The Bertz CT molecular complexity index is 864. The Morgan fingerprint density at radius 2 is 1.94 bits per heavy atom. The van der Waals surface area contributed by atoms with Crippen LogP contribution in [0.25, 0.3) is 0 Å². The third kappa shape index (κ3) is 6.87. The van der Waals surface area contributed by atoms with Crippen LogP contribution in [0, 0.1) is 18.6 Å². The Morgan fingerprint density at radius 1 is 1.19 bits per heavy atom. The van der Waals surface area contributed by atoms with Crippen molar-refractivity contribution in [3.63, 3.8) is 0 Å². The molecule has 1 aromatic heterocycles. The highest BCUT2D eigenvalue weighted by atomic mass is 127. The van der Waals surface area contributed by atoms with Crippen molar-refractivity contribution < 1.29 is 8.78 Å². The van der Waals surface area contributed by atoms with Crippen molar-refractivity contribution in [3.05, 3.63) is 53.6 Å². The average molecular weight is 560 g/mol. The van der Waals surface area contributed by atoms with E-state index in [1.54, 1.807) is 6.07 Å². The fraction of sp³-hybridized carbons (Fsp3) is 0.565. The summed E-state index contributed by atoms with van der Waals surface area (Å²) < 4.78 is 29.8. The van der Waals surface area contributed by atoms with Gasteiger partial charge >= 0.3 is 0 Å². The molecule has 2 aromatic rings. The summed E-state index contributed by atoms with van der Waals surface area (Å²) in [4.78, 5) is 13.2. The fourth-order valence-electron chi connectivity index (χ4n) is 4.27. The Kier molecular flexibility index (Phi) is 10.8. The predicted octanol–water partition coefficient (Wildman–Crippen LogP) is 4.21. The molecule has 0 amide bonds. The second-order valence-electron chi connectivity index (χ2n) is 7.96. The molecule has 0 saturated carbocycles. The number of hydrogen-bond donors (Lipinski definition) is 1. The van der Waals surface area contributed by atoms with Crippen LogP contribution in [0.15, 0.2) is 35.6 Å². The molecule has 1 atom stereocenters. The van der Waals surface area contributed by atoms with Crippen molar-refractivity contribution in [2.45, 2.75) is 45.7 Å². The molecule has 0 spiro atoms. The predicted molar refractivity (Wildman–Crippen MR) is 136 cm³/mol. The van der Waals surface area contributed by atoms with Gasteiger partial charge in [-0.15, -0.1) is 24.0 Å². The van der Waals surface area contributed by atoms with Gasteiger partial charge in [-0.3, -0.25) is 9.89 Å². The number of nitrogens with one attached hydrogen (secondary N) is 1. The van der Waals surface area contributed by atoms with Gasteiger partial charge < -0.3 is 14.8 Å². The normalized spacial score (nSPS) is 16.0. The van der Waals surface area contributed by atoms with Crippen molar-refractivity contribution in [2.75, 3.05) is 39.8 Å². The van der Waals surface area contributed by atoms with Crippen LogP contribution in [0.5, 0.6) is 0 Å². The minimum Gasteiger partial charge on any atom is -0.356 e. The number of piperazine rings is 1. The first-order valence-electron chi connectivity index (χ1n) is 11.2. The minimum absolute atomic E-state index is 0. The molecule has 1 unspecified atom stereocenters. The second kappa shape index (κ2) is 13.1. The standard InChI is InChI=1S/C23H34F2N6.HI/c1-4-22(20-8-7-19(24)17-21(20)25)30-13-15-31(16-14-30)23(26-3)28-9-5-6-11-29-12-10-27-18(29)2;/h7-8,10,12,17,22H,4-6,9,11,13-16H2,1-3H3,(H,26,28);1H. The van der Waals surface area contributed by atoms with Gasteiger partial charge in [-0.05, 0) is 32.3 Å². The number of guanidine groups is 1. The highest BCUT2D eigenvalue weighted by Gasteiger charge is 2.27. The second-order valence-corrected chi connectivity index (χ2v) is 7.96. The topological polar surface area (TPSA) is 48.7 Å². The molecule has 3 rings (SSSR count). The zero-order valence-corrected chi connectivity index (χ0v) is 21.6. The maximum atomic E-state index is 14.3. The molecule has 1 aliphatic rings. The number of imidazole rings is 1. The summed E-state index contributed by atoms with van der Waals surface area (Å²) in [5.41, 5.74) is 0.577. The van der Waals surface area contributed by atoms with Crippen molar-refractivity contribution in [1.82, 2.24) is 24.7 Å². The summed E-state index contributed by atoms with van der Waals surface area (Å²) >= 11 is 0. The molecule has 1 aromatic carbocycles. The quantitative estimate of drug-likeness (QED) is 0.228. The number of unbranched alkanes of at least 4 members (excludes halogenated alkanes) is 1. The molecule has 1 N–H and O–H groups in total. The summed E-state index contributed by atoms with van der Waals surface area (Å²) in [6, 6.07) is 3.87. The van der Waals surface area contributed by atoms with Crippen molar-refractivity contribution in [3.8, 4) is 0 Å². The van der Waals surface area contributed by atoms with E-state index in [9.17, 15) is 8.78 Å². The Balaban J connectivity index is 0.00000363. The van der Waals surface area contributed by atoms with Gasteiger partial charge in [-0.2, -0.15) is 0 Å². The van der Waals surface area contributed by atoms with Gasteiger partial charge in [0.05, 0.1) is 0 Å². The van der Waals surface area contributed by atoms with Crippen molar-refractivity contribution in [2.24, 2.45) is 4.99 Å². The number of hydrogen-bond acceptors (Lipinski definition) is 3. The molecule has 2 heterocycles. The first kappa shape index (κ1) is 26.5. The molecule has 1 saturated heterocycles. The number of aromatic nitrogens is 2. The highest BCUT2D eigenvalue weighted by molar-refractivity contribution is 14.0. The SMILES string of the molecule is CCC(c1ccc(F)cc1F)N1CCN(C(=NC)NCCCCn2ccnc2C)CC1.I. The molecular weight excluding hydrogens is 525 g/mol. The third-order valence-corrected chi connectivity index (χ3v) is 6.01. The Morgan fingerprint density at radius 3 is 2.53 bits per heavy atom. The van der Waals surface area contributed by atoms with Gasteiger partial charge in [0, 0.05) is 76.4 Å². The monoisotopic (exact) mass is 560 g/mol. The van der Waals surface area contributed by atoms with Crippen LogP contribution in [0.2, 0.25) is 0 Å². The van der Waals surface area contributed by atoms with E-state index >= 15 is 0 Å². The van der Waals surface area contributed by atoms with E-state index in [1.807, 2.05) is 33.3 Å². The zero-order valence-electron chi connectivity index (χ0n) is 19.2. The maximum Gasteiger partial charge on any atom is 0.193 e. The molecule has 178 valence electrons. The Labute approximate surface area is 207 Å². The van der Waals surface area contributed by atoms with Gasteiger partial charge in [0.1, 0.15) is 17.5 Å². The van der Waals surface area contributed by atoms with Gasteiger partial charge in [-0.25, -0.2) is 13.8 Å². The van der Waals surface area contributed by atoms with E-state index in [0.29, 0.717) is 5.56 Å². The van der Waals surface area contributed by atoms with Crippen LogP contribution in [0.4, 0.5) is 8.78 Å². The van der Waals surface area contributed by atoms with Crippen molar-refractivity contribution >= 4 is 29.9 Å². The molecule has 6 nitrogen and oxygen atoms in total. The molecular formula is C23H35F2IN6. The van der Waals surface area contributed by atoms with Gasteiger partial charge in [0.25, 0.3) is 0 Å².